The zero-order chi connectivity index (χ0) is 13.1. The van der Waals surface area contributed by atoms with Crippen LogP contribution in [0, 0.1) is 20.2 Å². The standard InChI is InChI=1S/C10H11N3O5/c14-12(15)7-1-2-8(10(5-7)13(16)17)9-6-18-4-3-11-9/h1-2,5,9,11H,3-4,6H2/t9-/m1/s1. The van der Waals surface area contributed by atoms with E-state index < -0.39 is 9.85 Å². The number of nitro groups is 2. The number of rotatable bonds is 3. The Morgan fingerprint density at radius 1 is 1.28 bits per heavy atom. The molecule has 0 spiro atoms. The molecule has 18 heavy (non-hydrogen) atoms. The second-order valence-electron chi connectivity index (χ2n) is 3.84. The normalized spacial score (nSPS) is 19.4. The summed E-state index contributed by atoms with van der Waals surface area (Å²) in [5.41, 5.74) is -0.139. The van der Waals surface area contributed by atoms with Crippen molar-refractivity contribution in [1.82, 2.24) is 5.32 Å². The molecule has 8 nitrogen and oxygen atoms in total. The van der Waals surface area contributed by atoms with Gasteiger partial charge < -0.3 is 10.1 Å². The van der Waals surface area contributed by atoms with Crippen molar-refractivity contribution in [2.24, 2.45) is 0 Å². The van der Waals surface area contributed by atoms with Crippen LogP contribution in [0.2, 0.25) is 0 Å². The first kappa shape index (κ1) is 12.4. The van der Waals surface area contributed by atoms with E-state index in [9.17, 15) is 20.2 Å². The van der Waals surface area contributed by atoms with Gasteiger partial charge in [0, 0.05) is 18.2 Å². The lowest BCUT2D eigenvalue weighted by molar-refractivity contribution is -0.394. The van der Waals surface area contributed by atoms with Gasteiger partial charge in [-0.15, -0.1) is 0 Å². The van der Waals surface area contributed by atoms with E-state index in [2.05, 4.69) is 5.32 Å². The van der Waals surface area contributed by atoms with Crippen molar-refractivity contribution >= 4 is 11.4 Å². The molecule has 2 rings (SSSR count). The Balaban J connectivity index is 2.39. The van der Waals surface area contributed by atoms with Gasteiger partial charge in [0.1, 0.15) is 0 Å². The number of morpholine rings is 1. The van der Waals surface area contributed by atoms with Gasteiger partial charge in [0.25, 0.3) is 11.4 Å². The molecular formula is C10H11N3O5. The zero-order valence-electron chi connectivity index (χ0n) is 9.37. The molecule has 96 valence electrons. The molecule has 1 fully saturated rings. The summed E-state index contributed by atoms with van der Waals surface area (Å²) in [5, 5.41) is 24.6. The molecule has 1 heterocycles. The van der Waals surface area contributed by atoms with Crippen molar-refractivity contribution in [3.05, 3.63) is 44.0 Å². The van der Waals surface area contributed by atoms with E-state index in [0.29, 0.717) is 25.3 Å². The van der Waals surface area contributed by atoms with Crippen LogP contribution >= 0.6 is 0 Å². The first-order valence-corrected chi connectivity index (χ1v) is 5.33. The predicted molar refractivity (Wildman–Crippen MR) is 61.3 cm³/mol. The van der Waals surface area contributed by atoms with Crippen LogP contribution in [0.1, 0.15) is 11.6 Å². The largest absolute Gasteiger partial charge is 0.378 e. The summed E-state index contributed by atoms with van der Waals surface area (Å²) >= 11 is 0. The molecule has 0 amide bonds. The average Bonchev–Trinajstić information content (AvgIpc) is 2.39. The summed E-state index contributed by atoms with van der Waals surface area (Å²) in [5.74, 6) is 0. The fourth-order valence-electron chi connectivity index (χ4n) is 1.86. The summed E-state index contributed by atoms with van der Waals surface area (Å²) < 4.78 is 5.23. The van der Waals surface area contributed by atoms with E-state index in [-0.39, 0.29) is 17.4 Å². The first-order valence-electron chi connectivity index (χ1n) is 5.33. The Bertz CT molecular complexity index is 484. The Hall–Kier alpha value is -2.06. The van der Waals surface area contributed by atoms with E-state index in [1.165, 1.54) is 12.1 Å². The van der Waals surface area contributed by atoms with Gasteiger partial charge in [0.2, 0.25) is 0 Å². The zero-order valence-corrected chi connectivity index (χ0v) is 9.37. The van der Waals surface area contributed by atoms with Crippen LogP contribution in [0.5, 0.6) is 0 Å². The third-order valence-corrected chi connectivity index (χ3v) is 2.72. The maximum Gasteiger partial charge on any atom is 0.281 e. The van der Waals surface area contributed by atoms with Crippen LogP contribution in [0.15, 0.2) is 18.2 Å². The minimum atomic E-state index is -0.651. The molecule has 0 aliphatic carbocycles. The molecule has 8 heteroatoms. The first-order chi connectivity index (χ1) is 8.59. The minimum Gasteiger partial charge on any atom is -0.378 e. The number of non-ortho nitro benzene ring substituents is 1. The number of nitrogens with zero attached hydrogens (tertiary/aromatic N) is 2. The van der Waals surface area contributed by atoms with E-state index in [1.807, 2.05) is 0 Å². The van der Waals surface area contributed by atoms with E-state index in [1.54, 1.807) is 0 Å². The van der Waals surface area contributed by atoms with Gasteiger partial charge >= 0.3 is 0 Å². The maximum atomic E-state index is 11.0. The quantitative estimate of drug-likeness (QED) is 0.639. The fourth-order valence-corrected chi connectivity index (χ4v) is 1.86. The predicted octanol–water partition coefficient (Wildman–Crippen LogP) is 1.16. The Morgan fingerprint density at radius 2 is 2.06 bits per heavy atom. The Kier molecular flexibility index (Phi) is 3.49. The van der Waals surface area contributed by atoms with Gasteiger partial charge in [-0.1, -0.05) is 0 Å². The van der Waals surface area contributed by atoms with Crippen molar-refractivity contribution < 1.29 is 14.6 Å². The number of nitrogens with one attached hydrogen (secondary N) is 1. The Labute approximate surface area is 102 Å². The second kappa shape index (κ2) is 5.07. The van der Waals surface area contributed by atoms with Crippen LogP contribution in [-0.2, 0) is 4.74 Å². The minimum absolute atomic E-state index is 0.257. The summed E-state index contributed by atoms with van der Waals surface area (Å²) in [6.45, 7) is 1.47. The molecule has 1 atom stereocenters. The van der Waals surface area contributed by atoms with Gasteiger partial charge in [-0.05, 0) is 6.07 Å². The van der Waals surface area contributed by atoms with Crippen LogP contribution in [0.3, 0.4) is 0 Å². The summed E-state index contributed by atoms with van der Waals surface area (Å²) in [4.78, 5) is 20.3. The molecule has 0 radical (unpaired) electrons. The smallest absolute Gasteiger partial charge is 0.281 e. The molecule has 1 saturated heterocycles. The third-order valence-electron chi connectivity index (χ3n) is 2.72. The highest BCUT2D eigenvalue weighted by Gasteiger charge is 2.26. The molecule has 0 saturated carbocycles. The Morgan fingerprint density at radius 3 is 2.61 bits per heavy atom. The molecule has 1 aliphatic rings. The number of nitro benzene ring substituents is 2. The van der Waals surface area contributed by atoms with Crippen molar-refractivity contribution in [1.29, 1.82) is 0 Å². The number of benzene rings is 1. The maximum absolute atomic E-state index is 11.0. The lowest BCUT2D eigenvalue weighted by Gasteiger charge is -2.23. The van der Waals surface area contributed by atoms with Crippen LogP contribution in [0.25, 0.3) is 0 Å². The number of hydrogen-bond acceptors (Lipinski definition) is 6. The van der Waals surface area contributed by atoms with Crippen LogP contribution in [0.4, 0.5) is 11.4 Å². The van der Waals surface area contributed by atoms with Crippen LogP contribution < -0.4 is 5.32 Å². The second-order valence-corrected chi connectivity index (χ2v) is 3.84. The van der Waals surface area contributed by atoms with Gasteiger partial charge in [-0.2, -0.15) is 0 Å². The molecule has 1 aromatic rings. The lowest BCUT2D eigenvalue weighted by atomic mass is 10.0. The van der Waals surface area contributed by atoms with Crippen molar-refractivity contribution in [3.63, 3.8) is 0 Å². The molecule has 1 aliphatic heterocycles. The SMILES string of the molecule is O=[N+]([O-])c1ccc([C@H]2COCCN2)c([N+](=O)[O-])c1. The molecule has 0 bridgehead atoms. The molecule has 1 N–H and O–H groups in total. The van der Waals surface area contributed by atoms with E-state index in [0.717, 1.165) is 6.07 Å². The van der Waals surface area contributed by atoms with Gasteiger partial charge in [-0.3, -0.25) is 20.2 Å². The van der Waals surface area contributed by atoms with Gasteiger partial charge in [-0.25, -0.2) is 0 Å². The van der Waals surface area contributed by atoms with Gasteiger partial charge in [0.15, 0.2) is 0 Å². The van der Waals surface area contributed by atoms with Crippen LogP contribution in [-0.4, -0.2) is 29.6 Å². The van der Waals surface area contributed by atoms with Crippen molar-refractivity contribution in [3.8, 4) is 0 Å². The molecule has 0 aromatic heterocycles. The summed E-state index contributed by atoms with van der Waals surface area (Å²) in [7, 11) is 0. The fraction of sp³-hybridized carbons (Fsp3) is 0.400. The molecular weight excluding hydrogens is 242 g/mol. The molecule has 0 unspecified atom stereocenters. The van der Waals surface area contributed by atoms with Gasteiger partial charge in [0.05, 0.1) is 35.2 Å². The van der Waals surface area contributed by atoms with E-state index >= 15 is 0 Å². The van der Waals surface area contributed by atoms with Crippen molar-refractivity contribution in [2.75, 3.05) is 19.8 Å². The number of ether oxygens (including phenoxy) is 1. The third kappa shape index (κ3) is 2.44. The highest BCUT2D eigenvalue weighted by molar-refractivity contribution is 5.50. The lowest BCUT2D eigenvalue weighted by Crippen LogP contribution is -2.34. The van der Waals surface area contributed by atoms with Crippen molar-refractivity contribution in [2.45, 2.75) is 6.04 Å². The monoisotopic (exact) mass is 253 g/mol. The topological polar surface area (TPSA) is 108 Å². The summed E-state index contributed by atoms with van der Waals surface area (Å²) in [6, 6.07) is 3.34. The average molecular weight is 253 g/mol. The highest BCUT2D eigenvalue weighted by atomic mass is 16.6. The number of hydrogen-bond donors (Lipinski definition) is 1. The summed E-state index contributed by atoms with van der Waals surface area (Å²) in [6.07, 6.45) is 0. The molecule has 1 aromatic carbocycles. The highest BCUT2D eigenvalue weighted by Crippen LogP contribution is 2.30. The van der Waals surface area contributed by atoms with E-state index in [4.69, 9.17) is 4.74 Å².